The summed E-state index contributed by atoms with van der Waals surface area (Å²) in [5, 5.41) is 8.05. The van der Waals surface area contributed by atoms with Crippen LogP contribution in [0.25, 0.3) is 6.08 Å². The van der Waals surface area contributed by atoms with Crippen molar-refractivity contribution >= 4 is 37.5 Å². The zero-order chi connectivity index (χ0) is 17.4. The number of nitrogens with zero attached hydrogens (tertiary/aromatic N) is 1. The highest BCUT2D eigenvalue weighted by Crippen LogP contribution is 2.39. The molecule has 1 aromatic rings. The lowest BCUT2D eigenvalue weighted by Gasteiger charge is -2.33. The van der Waals surface area contributed by atoms with E-state index < -0.39 is 20.0 Å². The second kappa shape index (κ2) is 6.26. The Morgan fingerprint density at radius 3 is 2.65 bits per heavy atom. The lowest BCUT2D eigenvalue weighted by atomic mass is 10.2. The third-order valence-electron chi connectivity index (χ3n) is 3.08. The summed E-state index contributed by atoms with van der Waals surface area (Å²) in [6, 6.07) is 0.957. The highest BCUT2D eigenvalue weighted by Gasteiger charge is 2.37. The van der Waals surface area contributed by atoms with Crippen molar-refractivity contribution in [2.45, 2.75) is 28.3 Å². The summed E-state index contributed by atoms with van der Waals surface area (Å²) in [7, 11) is -7.79. The maximum Gasteiger partial charge on any atom is 0.274 e. The largest absolute Gasteiger partial charge is 0.301 e. The van der Waals surface area contributed by atoms with Gasteiger partial charge in [-0.3, -0.25) is 4.31 Å². The molecular formula is C13H17N3O4S3. The molecule has 0 unspecified atom stereocenters. The van der Waals surface area contributed by atoms with Crippen LogP contribution in [0.15, 0.2) is 20.2 Å². The third-order valence-corrected chi connectivity index (χ3v) is 8.21. The van der Waals surface area contributed by atoms with E-state index in [1.165, 1.54) is 10.4 Å². The first-order valence-electron chi connectivity index (χ1n) is 6.65. The van der Waals surface area contributed by atoms with Gasteiger partial charge in [0.1, 0.15) is 8.42 Å². The molecule has 1 aliphatic rings. The molecule has 2 rings (SSSR count). The van der Waals surface area contributed by atoms with Gasteiger partial charge in [0.25, 0.3) is 10.0 Å². The molecule has 126 valence electrons. The van der Waals surface area contributed by atoms with Crippen molar-refractivity contribution in [3.8, 4) is 12.3 Å². The lowest BCUT2D eigenvalue weighted by Crippen LogP contribution is -2.41. The average Bonchev–Trinajstić information content (AvgIpc) is 2.82. The monoisotopic (exact) mass is 375 g/mol. The standard InChI is InChI=1S/C13H17N3O4S3/c1-4-5-15-8-11-6-10-7-12(22(14,17)18)21-13(10)23(19,20)16(11)9(2)3/h1,6-7,9,15H,5,8H2,2-3H3,(H2,14,17,18). The topological polar surface area (TPSA) is 110 Å². The first kappa shape index (κ1) is 18.0. The third kappa shape index (κ3) is 3.44. The van der Waals surface area contributed by atoms with E-state index in [1.54, 1.807) is 19.9 Å². The molecule has 0 atom stereocenters. The Labute approximate surface area is 140 Å². The molecule has 0 fully saturated rings. The van der Waals surface area contributed by atoms with Gasteiger partial charge < -0.3 is 5.32 Å². The number of sulfonamides is 2. The van der Waals surface area contributed by atoms with E-state index in [1.807, 2.05) is 0 Å². The minimum Gasteiger partial charge on any atom is -0.301 e. The number of thiophene rings is 1. The van der Waals surface area contributed by atoms with Crippen LogP contribution in [0.4, 0.5) is 0 Å². The zero-order valence-electron chi connectivity index (χ0n) is 12.6. The summed E-state index contributed by atoms with van der Waals surface area (Å²) in [6.45, 7) is 4.03. The summed E-state index contributed by atoms with van der Waals surface area (Å²) in [6.07, 6.45) is 6.82. The van der Waals surface area contributed by atoms with Crippen LogP contribution in [0.1, 0.15) is 19.4 Å². The quantitative estimate of drug-likeness (QED) is 0.571. The zero-order valence-corrected chi connectivity index (χ0v) is 15.1. The molecule has 0 aromatic carbocycles. The number of hydrogen-bond acceptors (Lipinski definition) is 6. The normalized spacial score (nSPS) is 16.8. The summed E-state index contributed by atoms with van der Waals surface area (Å²) in [5.41, 5.74) is 0.829. The average molecular weight is 375 g/mol. The Hall–Kier alpha value is -1.38. The summed E-state index contributed by atoms with van der Waals surface area (Å²) >= 11 is 0.661. The molecule has 3 N–H and O–H groups in total. The van der Waals surface area contributed by atoms with Crippen LogP contribution in [0, 0.1) is 12.3 Å². The second-order valence-electron chi connectivity index (χ2n) is 5.19. The number of rotatable bonds is 5. The van der Waals surface area contributed by atoms with Gasteiger partial charge in [0, 0.05) is 23.8 Å². The Morgan fingerprint density at radius 1 is 1.48 bits per heavy atom. The smallest absolute Gasteiger partial charge is 0.274 e. The van der Waals surface area contributed by atoms with Crippen LogP contribution in [-0.2, 0) is 20.0 Å². The highest BCUT2D eigenvalue weighted by atomic mass is 32.3. The van der Waals surface area contributed by atoms with E-state index >= 15 is 0 Å². The van der Waals surface area contributed by atoms with Crippen molar-refractivity contribution in [2.24, 2.45) is 5.14 Å². The van der Waals surface area contributed by atoms with Crippen molar-refractivity contribution in [1.29, 1.82) is 0 Å². The van der Waals surface area contributed by atoms with E-state index in [0.29, 0.717) is 29.1 Å². The van der Waals surface area contributed by atoms with Crippen molar-refractivity contribution < 1.29 is 16.8 Å². The van der Waals surface area contributed by atoms with E-state index in [-0.39, 0.29) is 21.0 Å². The predicted molar refractivity (Wildman–Crippen MR) is 89.5 cm³/mol. The van der Waals surface area contributed by atoms with E-state index in [9.17, 15) is 16.8 Å². The molecule has 0 bridgehead atoms. The van der Waals surface area contributed by atoms with E-state index in [4.69, 9.17) is 11.6 Å². The van der Waals surface area contributed by atoms with Gasteiger partial charge in [-0.25, -0.2) is 22.0 Å². The lowest BCUT2D eigenvalue weighted by molar-refractivity contribution is 0.408. The predicted octanol–water partition coefficient (Wildman–Crippen LogP) is 0.372. The van der Waals surface area contributed by atoms with Crippen molar-refractivity contribution in [2.75, 3.05) is 13.1 Å². The second-order valence-corrected chi connectivity index (χ2v) is 10.0. The molecule has 1 aromatic heterocycles. The van der Waals surface area contributed by atoms with Gasteiger partial charge in [0.05, 0.1) is 6.54 Å². The Balaban J connectivity index is 2.59. The van der Waals surface area contributed by atoms with Crippen LogP contribution in [-0.4, -0.2) is 40.3 Å². The van der Waals surface area contributed by atoms with Crippen molar-refractivity contribution in [3.63, 3.8) is 0 Å². The first-order valence-corrected chi connectivity index (χ1v) is 10.4. The Bertz CT molecular complexity index is 889. The van der Waals surface area contributed by atoms with Crippen LogP contribution >= 0.6 is 11.3 Å². The van der Waals surface area contributed by atoms with Gasteiger partial charge in [-0.05, 0) is 26.0 Å². The van der Waals surface area contributed by atoms with Gasteiger partial charge in [0.2, 0.25) is 10.0 Å². The maximum atomic E-state index is 12.8. The van der Waals surface area contributed by atoms with Gasteiger partial charge in [-0.1, -0.05) is 5.92 Å². The Kier molecular flexibility index (Phi) is 4.89. The molecule has 0 amide bonds. The number of primary sulfonamides is 1. The number of fused-ring (bicyclic) bond motifs is 1. The maximum absolute atomic E-state index is 12.8. The molecule has 0 saturated carbocycles. The van der Waals surface area contributed by atoms with Crippen molar-refractivity contribution in [1.82, 2.24) is 9.62 Å². The summed E-state index contributed by atoms with van der Waals surface area (Å²) in [4.78, 5) is 0. The SMILES string of the molecule is C#CCNCC1=Cc2cc(S(N)(=O)=O)sc2S(=O)(=O)N1C(C)C. The number of terminal acetylenes is 1. The summed E-state index contributed by atoms with van der Waals surface area (Å²) in [5.74, 6) is 2.42. The fraction of sp³-hybridized carbons (Fsp3) is 0.385. The van der Waals surface area contributed by atoms with Crippen LogP contribution in [0.5, 0.6) is 0 Å². The molecule has 7 nitrogen and oxygen atoms in total. The van der Waals surface area contributed by atoms with Crippen LogP contribution in [0.2, 0.25) is 0 Å². The fourth-order valence-electron chi connectivity index (χ4n) is 2.30. The summed E-state index contributed by atoms with van der Waals surface area (Å²) < 4.78 is 49.7. The minimum absolute atomic E-state index is 0.0177. The molecule has 10 heteroatoms. The van der Waals surface area contributed by atoms with Gasteiger partial charge in [-0.15, -0.1) is 17.8 Å². The highest BCUT2D eigenvalue weighted by molar-refractivity contribution is 7.94. The van der Waals surface area contributed by atoms with Gasteiger partial charge >= 0.3 is 0 Å². The van der Waals surface area contributed by atoms with Crippen LogP contribution in [0.3, 0.4) is 0 Å². The van der Waals surface area contributed by atoms with Crippen LogP contribution < -0.4 is 10.5 Å². The number of nitrogens with one attached hydrogen (secondary N) is 1. The van der Waals surface area contributed by atoms with E-state index in [2.05, 4.69) is 11.2 Å². The first-order chi connectivity index (χ1) is 10.6. The van der Waals surface area contributed by atoms with E-state index in [0.717, 1.165) is 0 Å². The minimum atomic E-state index is -3.96. The molecule has 0 aliphatic carbocycles. The van der Waals surface area contributed by atoms with Gasteiger partial charge in [-0.2, -0.15) is 0 Å². The fourth-order valence-corrected chi connectivity index (χ4v) is 6.57. The van der Waals surface area contributed by atoms with Crippen molar-refractivity contribution in [3.05, 3.63) is 17.3 Å². The molecule has 1 aliphatic heterocycles. The molecule has 0 spiro atoms. The molecular weight excluding hydrogens is 358 g/mol. The Morgan fingerprint density at radius 2 is 2.13 bits per heavy atom. The van der Waals surface area contributed by atoms with Gasteiger partial charge in [0.15, 0.2) is 0 Å². The molecule has 0 radical (unpaired) electrons. The number of hydrogen-bond donors (Lipinski definition) is 2. The molecule has 23 heavy (non-hydrogen) atoms. The molecule has 2 heterocycles. The molecule has 0 saturated heterocycles. The number of nitrogens with two attached hydrogens (primary N) is 1.